The van der Waals surface area contributed by atoms with Crippen molar-refractivity contribution in [2.24, 2.45) is 0 Å². The van der Waals surface area contributed by atoms with E-state index in [1.807, 2.05) is 49.8 Å². The highest BCUT2D eigenvalue weighted by molar-refractivity contribution is 7.10. The first-order valence-electron chi connectivity index (χ1n) is 8.70. The largest absolute Gasteiger partial charge is 0.336 e. The summed E-state index contributed by atoms with van der Waals surface area (Å²) in [5.41, 5.74) is 1.41. The SMILES string of the molecule is CN(C)C(CNC(=O)Nc1ccccc1N1CCCC1=O)c1cccs1. The molecule has 1 saturated heterocycles. The molecule has 138 valence electrons. The maximum Gasteiger partial charge on any atom is 0.319 e. The molecule has 0 bridgehead atoms. The molecule has 0 radical (unpaired) electrons. The van der Waals surface area contributed by atoms with Crippen molar-refractivity contribution in [1.82, 2.24) is 10.2 Å². The molecule has 2 aromatic rings. The molecule has 1 fully saturated rings. The molecule has 26 heavy (non-hydrogen) atoms. The van der Waals surface area contributed by atoms with Gasteiger partial charge >= 0.3 is 6.03 Å². The number of carbonyl (C=O) groups excluding carboxylic acids is 2. The smallest absolute Gasteiger partial charge is 0.319 e. The molecule has 1 atom stereocenters. The fraction of sp³-hybridized carbons (Fsp3) is 0.368. The first-order valence-corrected chi connectivity index (χ1v) is 9.58. The summed E-state index contributed by atoms with van der Waals surface area (Å²) >= 11 is 1.68. The second kappa shape index (κ2) is 8.33. The van der Waals surface area contributed by atoms with Crippen molar-refractivity contribution in [1.29, 1.82) is 0 Å². The van der Waals surface area contributed by atoms with Crippen LogP contribution in [0.25, 0.3) is 0 Å². The summed E-state index contributed by atoms with van der Waals surface area (Å²) in [5.74, 6) is 0.102. The van der Waals surface area contributed by atoms with E-state index in [9.17, 15) is 9.59 Å². The standard InChI is InChI=1S/C19H24N4O2S/c1-22(2)16(17-9-6-12-26-17)13-20-19(25)21-14-7-3-4-8-15(14)23-11-5-10-18(23)24/h3-4,6-9,12,16H,5,10-11,13H2,1-2H3,(H2,20,21,25). The fourth-order valence-corrected chi connectivity index (χ4v) is 4.01. The van der Waals surface area contributed by atoms with Gasteiger partial charge in [0.15, 0.2) is 0 Å². The minimum atomic E-state index is -0.271. The van der Waals surface area contributed by atoms with Gasteiger partial charge in [0, 0.05) is 24.4 Å². The average Bonchev–Trinajstić information content (AvgIpc) is 3.27. The maximum atomic E-state index is 12.4. The molecule has 1 unspecified atom stereocenters. The Bertz CT molecular complexity index is 761. The van der Waals surface area contributed by atoms with Crippen molar-refractivity contribution in [3.8, 4) is 0 Å². The van der Waals surface area contributed by atoms with Crippen LogP contribution < -0.4 is 15.5 Å². The molecule has 1 aromatic heterocycles. The Morgan fingerprint density at radius 3 is 2.73 bits per heavy atom. The summed E-state index contributed by atoms with van der Waals surface area (Å²) in [6.07, 6.45) is 1.41. The molecule has 3 amide bonds. The van der Waals surface area contributed by atoms with Crippen molar-refractivity contribution in [3.05, 3.63) is 46.7 Å². The highest BCUT2D eigenvalue weighted by Gasteiger charge is 2.24. The lowest BCUT2D eigenvalue weighted by Crippen LogP contribution is -2.37. The highest BCUT2D eigenvalue weighted by Crippen LogP contribution is 2.29. The molecule has 3 rings (SSSR count). The number of carbonyl (C=O) groups is 2. The Morgan fingerprint density at radius 2 is 2.08 bits per heavy atom. The van der Waals surface area contributed by atoms with Gasteiger partial charge in [0.1, 0.15) is 0 Å². The van der Waals surface area contributed by atoms with Crippen LogP contribution in [0.5, 0.6) is 0 Å². The van der Waals surface area contributed by atoms with Crippen LogP contribution in [0.15, 0.2) is 41.8 Å². The van der Waals surface area contributed by atoms with E-state index in [1.165, 1.54) is 4.88 Å². The van der Waals surface area contributed by atoms with Gasteiger partial charge in [-0.3, -0.25) is 4.79 Å². The van der Waals surface area contributed by atoms with Crippen LogP contribution in [-0.4, -0.2) is 44.0 Å². The van der Waals surface area contributed by atoms with Crippen LogP contribution in [-0.2, 0) is 4.79 Å². The quantitative estimate of drug-likeness (QED) is 0.818. The number of urea groups is 1. The second-order valence-corrected chi connectivity index (χ2v) is 7.48. The van der Waals surface area contributed by atoms with Crippen molar-refractivity contribution in [2.45, 2.75) is 18.9 Å². The van der Waals surface area contributed by atoms with Crippen LogP contribution in [0.2, 0.25) is 0 Å². The van der Waals surface area contributed by atoms with Gasteiger partial charge in [0.2, 0.25) is 5.91 Å². The minimum absolute atomic E-state index is 0.102. The minimum Gasteiger partial charge on any atom is -0.336 e. The Labute approximate surface area is 157 Å². The number of nitrogens with zero attached hydrogens (tertiary/aromatic N) is 2. The number of benzene rings is 1. The zero-order chi connectivity index (χ0) is 18.5. The summed E-state index contributed by atoms with van der Waals surface area (Å²) in [6, 6.07) is 11.4. The van der Waals surface area contributed by atoms with Crippen LogP contribution >= 0.6 is 11.3 Å². The number of para-hydroxylation sites is 2. The number of amides is 3. The third-order valence-electron chi connectivity index (χ3n) is 4.47. The lowest BCUT2D eigenvalue weighted by atomic mass is 10.2. The maximum absolute atomic E-state index is 12.4. The molecule has 0 aliphatic carbocycles. The zero-order valence-corrected chi connectivity index (χ0v) is 15.9. The number of thiophene rings is 1. The number of hydrogen-bond acceptors (Lipinski definition) is 4. The highest BCUT2D eigenvalue weighted by atomic mass is 32.1. The van der Waals surface area contributed by atoms with E-state index >= 15 is 0 Å². The van der Waals surface area contributed by atoms with Gasteiger partial charge < -0.3 is 20.4 Å². The first-order chi connectivity index (χ1) is 12.6. The first kappa shape index (κ1) is 18.4. The molecule has 0 saturated carbocycles. The normalized spacial score (nSPS) is 15.3. The van der Waals surface area contributed by atoms with Crippen molar-refractivity contribution >= 4 is 34.6 Å². The zero-order valence-electron chi connectivity index (χ0n) is 15.1. The van der Waals surface area contributed by atoms with Gasteiger partial charge in [-0.2, -0.15) is 0 Å². The molecule has 7 heteroatoms. The molecule has 6 nitrogen and oxygen atoms in total. The third-order valence-corrected chi connectivity index (χ3v) is 5.44. The lowest BCUT2D eigenvalue weighted by Gasteiger charge is -2.24. The van der Waals surface area contributed by atoms with E-state index in [-0.39, 0.29) is 18.0 Å². The second-order valence-electron chi connectivity index (χ2n) is 6.50. The molecular formula is C19H24N4O2S. The number of hydrogen-bond donors (Lipinski definition) is 2. The summed E-state index contributed by atoms with van der Waals surface area (Å²) < 4.78 is 0. The van der Waals surface area contributed by atoms with Crippen LogP contribution in [0, 0.1) is 0 Å². The molecule has 1 aliphatic rings. The fourth-order valence-electron chi connectivity index (χ4n) is 3.09. The van der Waals surface area contributed by atoms with E-state index in [1.54, 1.807) is 16.2 Å². The predicted molar refractivity (Wildman–Crippen MR) is 106 cm³/mol. The van der Waals surface area contributed by atoms with Crippen LogP contribution in [0.1, 0.15) is 23.8 Å². The van der Waals surface area contributed by atoms with Crippen LogP contribution in [0.3, 0.4) is 0 Å². The van der Waals surface area contributed by atoms with Crippen molar-refractivity contribution in [2.75, 3.05) is 37.4 Å². The Morgan fingerprint density at radius 1 is 1.27 bits per heavy atom. The van der Waals surface area contributed by atoms with Gasteiger partial charge in [-0.15, -0.1) is 11.3 Å². The third kappa shape index (κ3) is 4.23. The number of likely N-dealkylation sites (N-methyl/N-ethyl adjacent to an activating group) is 1. The average molecular weight is 372 g/mol. The van der Waals surface area contributed by atoms with Gasteiger partial charge in [-0.25, -0.2) is 4.79 Å². The molecule has 2 heterocycles. The topological polar surface area (TPSA) is 64.7 Å². The monoisotopic (exact) mass is 372 g/mol. The molecule has 2 N–H and O–H groups in total. The van der Waals surface area contributed by atoms with E-state index < -0.39 is 0 Å². The van der Waals surface area contributed by atoms with Crippen LogP contribution in [0.4, 0.5) is 16.2 Å². The van der Waals surface area contributed by atoms with Gasteiger partial charge in [0.05, 0.1) is 17.4 Å². The van der Waals surface area contributed by atoms with E-state index in [4.69, 9.17) is 0 Å². The number of nitrogens with one attached hydrogen (secondary N) is 2. The Balaban J connectivity index is 1.64. The number of rotatable bonds is 6. The van der Waals surface area contributed by atoms with Gasteiger partial charge in [-0.05, 0) is 44.1 Å². The summed E-state index contributed by atoms with van der Waals surface area (Å²) in [7, 11) is 4.00. The van der Waals surface area contributed by atoms with Gasteiger partial charge in [-0.1, -0.05) is 18.2 Å². The van der Waals surface area contributed by atoms with Crippen molar-refractivity contribution < 1.29 is 9.59 Å². The Hall–Kier alpha value is -2.38. The molecule has 1 aromatic carbocycles. The number of anilines is 2. The Kier molecular flexibility index (Phi) is 5.90. The van der Waals surface area contributed by atoms with E-state index in [0.717, 1.165) is 12.1 Å². The van der Waals surface area contributed by atoms with E-state index in [0.29, 0.717) is 25.2 Å². The predicted octanol–water partition coefficient (Wildman–Crippen LogP) is 3.30. The summed E-state index contributed by atoms with van der Waals surface area (Å²) in [6.45, 7) is 1.20. The molecule has 0 spiro atoms. The van der Waals surface area contributed by atoms with Gasteiger partial charge in [0.25, 0.3) is 0 Å². The van der Waals surface area contributed by atoms with E-state index in [2.05, 4.69) is 21.6 Å². The lowest BCUT2D eigenvalue weighted by molar-refractivity contribution is -0.117. The summed E-state index contributed by atoms with van der Waals surface area (Å²) in [5, 5.41) is 7.87. The summed E-state index contributed by atoms with van der Waals surface area (Å²) in [4.78, 5) is 29.5. The van der Waals surface area contributed by atoms with Crippen molar-refractivity contribution in [3.63, 3.8) is 0 Å². The molecular weight excluding hydrogens is 348 g/mol. The molecule has 1 aliphatic heterocycles.